The molecule has 1 aliphatic rings. The van der Waals surface area contributed by atoms with Gasteiger partial charge in [0, 0.05) is 18.7 Å². The predicted molar refractivity (Wildman–Crippen MR) is 94.7 cm³/mol. The maximum absolute atomic E-state index is 12.6. The van der Waals surface area contributed by atoms with E-state index >= 15 is 0 Å². The molecule has 0 bridgehead atoms. The Hall–Kier alpha value is -2.22. The summed E-state index contributed by atoms with van der Waals surface area (Å²) >= 11 is 6.03. The van der Waals surface area contributed by atoms with Crippen molar-refractivity contribution in [2.75, 3.05) is 13.1 Å². The average Bonchev–Trinajstić information content (AvgIpc) is 3.04. The van der Waals surface area contributed by atoms with Gasteiger partial charge in [-0.2, -0.15) is 4.31 Å². The molecule has 0 aliphatic carbocycles. The molecular weight excluding hydrogens is 360 g/mol. The molecule has 2 aromatic carbocycles. The first kappa shape index (κ1) is 16.3. The molecule has 1 aromatic heterocycles. The van der Waals surface area contributed by atoms with Gasteiger partial charge in [0.15, 0.2) is 0 Å². The van der Waals surface area contributed by atoms with Crippen molar-refractivity contribution in [1.82, 2.24) is 19.3 Å². The van der Waals surface area contributed by atoms with E-state index in [1.165, 1.54) is 10.4 Å². The molecule has 2 heterocycles. The Labute approximate surface area is 150 Å². The second kappa shape index (κ2) is 6.25. The minimum Gasteiger partial charge on any atom is -0.246 e. The highest BCUT2D eigenvalue weighted by molar-refractivity contribution is 7.89. The van der Waals surface area contributed by atoms with Gasteiger partial charge in [-0.15, -0.1) is 5.10 Å². The fraction of sp³-hybridized carbons (Fsp3) is 0.176. The number of halogens is 1. The predicted octanol–water partition coefficient (Wildman–Crippen LogP) is 2.84. The molecule has 3 aromatic rings. The Morgan fingerprint density at radius 1 is 1.00 bits per heavy atom. The second-order valence-electron chi connectivity index (χ2n) is 5.86. The molecule has 8 heteroatoms. The van der Waals surface area contributed by atoms with Gasteiger partial charge in [0.25, 0.3) is 0 Å². The van der Waals surface area contributed by atoms with E-state index in [9.17, 15) is 8.42 Å². The highest BCUT2D eigenvalue weighted by Crippen LogP contribution is 2.31. The van der Waals surface area contributed by atoms with Gasteiger partial charge in [0.05, 0.1) is 17.3 Å². The number of aromatic nitrogens is 3. The number of hydrogen-bond donors (Lipinski definition) is 0. The Kier molecular flexibility index (Phi) is 4.07. The lowest BCUT2D eigenvalue weighted by atomic mass is 10.1. The number of sulfonamides is 1. The molecule has 25 heavy (non-hydrogen) atoms. The monoisotopic (exact) mass is 374 g/mol. The van der Waals surface area contributed by atoms with E-state index in [0.29, 0.717) is 13.1 Å². The minimum absolute atomic E-state index is 0.0257. The molecule has 1 aliphatic heterocycles. The standard InChI is InChI=1S/C17H15ClN4O2S/c18-15-8-4-5-9-17(15)25(23,24)21-10-14(11-21)22-12-16(19-20-22)13-6-2-1-3-7-13/h1-9,12,14H,10-11H2. The highest BCUT2D eigenvalue weighted by Gasteiger charge is 2.39. The van der Waals surface area contributed by atoms with E-state index < -0.39 is 10.0 Å². The summed E-state index contributed by atoms with van der Waals surface area (Å²) in [6.07, 6.45) is 1.85. The first-order chi connectivity index (χ1) is 12.1. The van der Waals surface area contributed by atoms with Crippen LogP contribution in [0.15, 0.2) is 65.7 Å². The second-order valence-corrected chi connectivity index (χ2v) is 8.17. The van der Waals surface area contributed by atoms with Gasteiger partial charge in [-0.25, -0.2) is 13.1 Å². The molecule has 0 saturated carbocycles. The van der Waals surface area contributed by atoms with E-state index in [4.69, 9.17) is 11.6 Å². The van der Waals surface area contributed by atoms with Crippen LogP contribution in [0, 0.1) is 0 Å². The first-order valence-electron chi connectivity index (χ1n) is 7.77. The lowest BCUT2D eigenvalue weighted by Crippen LogP contribution is -2.50. The first-order valence-corrected chi connectivity index (χ1v) is 9.59. The van der Waals surface area contributed by atoms with Crippen LogP contribution >= 0.6 is 11.6 Å². The molecule has 128 valence electrons. The van der Waals surface area contributed by atoms with E-state index in [0.717, 1.165) is 11.3 Å². The fourth-order valence-electron chi connectivity index (χ4n) is 2.77. The Morgan fingerprint density at radius 2 is 1.68 bits per heavy atom. The van der Waals surface area contributed by atoms with Crippen molar-refractivity contribution in [1.29, 1.82) is 0 Å². The van der Waals surface area contributed by atoms with Crippen molar-refractivity contribution in [2.24, 2.45) is 0 Å². The maximum Gasteiger partial charge on any atom is 0.244 e. The van der Waals surface area contributed by atoms with Gasteiger partial charge in [0.1, 0.15) is 10.6 Å². The van der Waals surface area contributed by atoms with Crippen molar-refractivity contribution in [3.8, 4) is 11.3 Å². The van der Waals surface area contributed by atoms with Gasteiger partial charge in [0.2, 0.25) is 10.0 Å². The normalized spacial score (nSPS) is 15.9. The van der Waals surface area contributed by atoms with Crippen molar-refractivity contribution in [3.05, 3.63) is 65.8 Å². The van der Waals surface area contributed by atoms with Crippen LogP contribution < -0.4 is 0 Å². The smallest absolute Gasteiger partial charge is 0.244 e. The Bertz CT molecular complexity index is 998. The zero-order valence-corrected chi connectivity index (χ0v) is 14.7. The van der Waals surface area contributed by atoms with Gasteiger partial charge >= 0.3 is 0 Å². The molecule has 0 amide bonds. The number of benzene rings is 2. The Balaban J connectivity index is 1.49. The molecule has 1 saturated heterocycles. The van der Waals surface area contributed by atoms with E-state index in [-0.39, 0.29) is 16.0 Å². The van der Waals surface area contributed by atoms with Crippen molar-refractivity contribution >= 4 is 21.6 Å². The third-order valence-electron chi connectivity index (χ3n) is 4.24. The topological polar surface area (TPSA) is 68.1 Å². The lowest BCUT2D eigenvalue weighted by molar-refractivity contribution is 0.189. The van der Waals surface area contributed by atoms with Crippen molar-refractivity contribution < 1.29 is 8.42 Å². The maximum atomic E-state index is 12.6. The summed E-state index contributed by atoms with van der Waals surface area (Å²) in [6.45, 7) is 0.705. The molecule has 0 unspecified atom stereocenters. The highest BCUT2D eigenvalue weighted by atomic mass is 35.5. The summed E-state index contributed by atoms with van der Waals surface area (Å²) in [5.41, 5.74) is 1.75. The van der Waals surface area contributed by atoms with Gasteiger partial charge in [-0.3, -0.25) is 0 Å². The molecule has 1 fully saturated rings. The summed E-state index contributed by atoms with van der Waals surface area (Å²) in [6, 6.07) is 16.2. The number of hydrogen-bond acceptors (Lipinski definition) is 4. The number of nitrogens with zero attached hydrogens (tertiary/aromatic N) is 4. The van der Waals surface area contributed by atoms with Crippen LogP contribution in [0.5, 0.6) is 0 Å². The third-order valence-corrected chi connectivity index (χ3v) is 6.57. The van der Waals surface area contributed by atoms with Gasteiger partial charge < -0.3 is 0 Å². The summed E-state index contributed by atoms with van der Waals surface area (Å²) in [5.74, 6) is 0. The van der Waals surface area contributed by atoms with Crippen molar-refractivity contribution in [2.45, 2.75) is 10.9 Å². The van der Waals surface area contributed by atoms with Crippen LogP contribution in [0.1, 0.15) is 6.04 Å². The average molecular weight is 375 g/mol. The van der Waals surface area contributed by atoms with E-state index in [2.05, 4.69) is 10.3 Å². The fourth-order valence-corrected chi connectivity index (χ4v) is 4.78. The van der Waals surface area contributed by atoms with Crippen LogP contribution in [-0.4, -0.2) is 40.8 Å². The molecule has 6 nitrogen and oxygen atoms in total. The minimum atomic E-state index is -3.58. The van der Waals surface area contributed by atoms with Gasteiger partial charge in [-0.1, -0.05) is 59.3 Å². The Morgan fingerprint density at radius 3 is 2.40 bits per heavy atom. The van der Waals surface area contributed by atoms with Crippen LogP contribution in [0.4, 0.5) is 0 Å². The van der Waals surface area contributed by atoms with Crippen LogP contribution in [0.25, 0.3) is 11.3 Å². The number of rotatable bonds is 4. The molecule has 4 rings (SSSR count). The summed E-state index contributed by atoms with van der Waals surface area (Å²) < 4.78 is 28.4. The molecule has 0 spiro atoms. The molecule has 0 radical (unpaired) electrons. The van der Waals surface area contributed by atoms with Crippen LogP contribution in [0.3, 0.4) is 0 Å². The summed E-state index contributed by atoms with van der Waals surface area (Å²) in [7, 11) is -3.58. The largest absolute Gasteiger partial charge is 0.246 e. The van der Waals surface area contributed by atoms with Crippen LogP contribution in [-0.2, 0) is 10.0 Å². The van der Waals surface area contributed by atoms with E-state index in [1.807, 2.05) is 36.5 Å². The third kappa shape index (κ3) is 2.95. The molecule has 0 atom stereocenters. The molecule has 0 N–H and O–H groups in total. The summed E-state index contributed by atoms with van der Waals surface area (Å²) in [5, 5.41) is 8.55. The van der Waals surface area contributed by atoms with Crippen LogP contribution in [0.2, 0.25) is 5.02 Å². The lowest BCUT2D eigenvalue weighted by Gasteiger charge is -2.37. The zero-order chi connectivity index (χ0) is 17.4. The van der Waals surface area contributed by atoms with E-state index in [1.54, 1.807) is 22.9 Å². The van der Waals surface area contributed by atoms with Gasteiger partial charge in [-0.05, 0) is 12.1 Å². The quantitative estimate of drug-likeness (QED) is 0.704. The SMILES string of the molecule is O=S(=O)(c1ccccc1Cl)N1CC(n2cc(-c3ccccc3)nn2)C1. The zero-order valence-electron chi connectivity index (χ0n) is 13.2. The van der Waals surface area contributed by atoms with Crippen molar-refractivity contribution in [3.63, 3.8) is 0 Å². The summed E-state index contributed by atoms with van der Waals surface area (Å²) in [4.78, 5) is 0.138. The molecular formula is C17H15ClN4O2S.